The zero-order valence-electron chi connectivity index (χ0n) is 8.50. The van der Waals surface area contributed by atoms with Gasteiger partial charge in [0, 0.05) is 22.9 Å². The summed E-state index contributed by atoms with van der Waals surface area (Å²) in [6.45, 7) is 4.11. The molecule has 1 aliphatic rings. The molecule has 0 saturated heterocycles. The van der Waals surface area contributed by atoms with Crippen molar-refractivity contribution in [2.45, 2.75) is 19.5 Å². The van der Waals surface area contributed by atoms with E-state index >= 15 is 0 Å². The normalized spacial score (nSPS) is 20.5. The molecular formula is C11H12BrN3. The van der Waals surface area contributed by atoms with Gasteiger partial charge in [0.1, 0.15) is 0 Å². The largest absolute Gasteiger partial charge is 0.309 e. The van der Waals surface area contributed by atoms with Crippen LogP contribution in [0, 0.1) is 0 Å². The van der Waals surface area contributed by atoms with E-state index in [1.807, 2.05) is 0 Å². The van der Waals surface area contributed by atoms with Crippen LogP contribution in [-0.2, 0) is 6.54 Å². The molecule has 4 heteroatoms. The zero-order valence-corrected chi connectivity index (χ0v) is 10.1. The molecule has 0 amide bonds. The Kier molecular flexibility index (Phi) is 2.07. The van der Waals surface area contributed by atoms with Crippen LogP contribution in [0.4, 0.5) is 0 Å². The third kappa shape index (κ3) is 1.40. The highest BCUT2D eigenvalue weighted by atomic mass is 79.9. The van der Waals surface area contributed by atoms with Crippen molar-refractivity contribution in [1.29, 1.82) is 0 Å². The van der Waals surface area contributed by atoms with E-state index in [4.69, 9.17) is 0 Å². The van der Waals surface area contributed by atoms with Crippen LogP contribution in [0.25, 0.3) is 10.9 Å². The maximum atomic E-state index is 4.64. The van der Waals surface area contributed by atoms with Crippen molar-refractivity contribution in [3.05, 3.63) is 28.4 Å². The number of hydrogen-bond donors (Lipinski definition) is 1. The molecule has 0 saturated carbocycles. The van der Waals surface area contributed by atoms with E-state index < -0.39 is 0 Å². The summed E-state index contributed by atoms with van der Waals surface area (Å²) in [7, 11) is 0. The SMILES string of the molecule is C[C@H]1CNCc2c3ccc(Br)cc3nn21. The van der Waals surface area contributed by atoms with Gasteiger partial charge in [0.25, 0.3) is 0 Å². The lowest BCUT2D eigenvalue weighted by molar-refractivity contribution is 0.395. The fourth-order valence-corrected chi connectivity index (χ4v) is 2.51. The number of nitrogens with one attached hydrogen (secondary N) is 1. The summed E-state index contributed by atoms with van der Waals surface area (Å²) in [5.74, 6) is 0. The van der Waals surface area contributed by atoms with E-state index in [0.717, 1.165) is 23.1 Å². The molecule has 1 aromatic carbocycles. The molecule has 78 valence electrons. The van der Waals surface area contributed by atoms with Crippen LogP contribution >= 0.6 is 15.9 Å². The second-order valence-corrected chi connectivity index (χ2v) is 4.95. The van der Waals surface area contributed by atoms with Gasteiger partial charge in [-0.25, -0.2) is 0 Å². The lowest BCUT2D eigenvalue weighted by atomic mass is 10.1. The molecule has 0 radical (unpaired) electrons. The van der Waals surface area contributed by atoms with Crippen LogP contribution in [0.5, 0.6) is 0 Å². The van der Waals surface area contributed by atoms with Crippen molar-refractivity contribution in [3.63, 3.8) is 0 Å². The van der Waals surface area contributed by atoms with Crippen molar-refractivity contribution in [2.24, 2.45) is 0 Å². The summed E-state index contributed by atoms with van der Waals surface area (Å²) >= 11 is 3.48. The minimum atomic E-state index is 0.444. The first-order valence-corrected chi connectivity index (χ1v) is 5.92. The molecule has 3 nitrogen and oxygen atoms in total. The molecule has 0 fully saturated rings. The van der Waals surface area contributed by atoms with Crippen molar-refractivity contribution in [2.75, 3.05) is 6.54 Å². The zero-order chi connectivity index (χ0) is 10.4. The van der Waals surface area contributed by atoms with Gasteiger partial charge < -0.3 is 5.32 Å². The molecule has 0 unspecified atom stereocenters. The Balaban J connectivity index is 2.30. The lowest BCUT2D eigenvalue weighted by Crippen LogP contribution is -2.31. The Morgan fingerprint density at radius 2 is 2.40 bits per heavy atom. The lowest BCUT2D eigenvalue weighted by Gasteiger charge is -2.21. The van der Waals surface area contributed by atoms with Crippen molar-refractivity contribution < 1.29 is 0 Å². The minimum Gasteiger partial charge on any atom is -0.309 e. The summed E-state index contributed by atoms with van der Waals surface area (Å²) in [4.78, 5) is 0. The molecule has 2 heterocycles. The molecule has 1 aliphatic heterocycles. The standard InChI is InChI=1S/C11H12BrN3/c1-7-5-13-6-11-9-3-2-8(12)4-10(9)14-15(7)11/h2-4,7,13H,5-6H2,1H3/t7-/m0/s1. The molecule has 1 aromatic heterocycles. The quantitative estimate of drug-likeness (QED) is 0.793. The number of nitrogens with zero attached hydrogens (tertiary/aromatic N) is 2. The minimum absolute atomic E-state index is 0.444. The summed E-state index contributed by atoms with van der Waals surface area (Å²) in [5, 5.41) is 9.31. The van der Waals surface area contributed by atoms with Gasteiger partial charge in [0.05, 0.1) is 17.3 Å². The number of benzene rings is 1. The van der Waals surface area contributed by atoms with Crippen LogP contribution in [0.15, 0.2) is 22.7 Å². The first-order valence-electron chi connectivity index (χ1n) is 5.13. The summed E-state index contributed by atoms with van der Waals surface area (Å²) in [6.07, 6.45) is 0. The highest BCUT2D eigenvalue weighted by Crippen LogP contribution is 2.26. The van der Waals surface area contributed by atoms with Crippen LogP contribution in [-0.4, -0.2) is 16.3 Å². The summed E-state index contributed by atoms with van der Waals surface area (Å²) in [6, 6.07) is 6.73. The Bertz CT molecular complexity index is 518. The van der Waals surface area contributed by atoms with Gasteiger partial charge in [-0.1, -0.05) is 15.9 Å². The Morgan fingerprint density at radius 1 is 1.53 bits per heavy atom. The average molecular weight is 266 g/mol. The van der Waals surface area contributed by atoms with Crippen LogP contribution < -0.4 is 5.32 Å². The van der Waals surface area contributed by atoms with E-state index in [1.54, 1.807) is 0 Å². The van der Waals surface area contributed by atoms with Crippen LogP contribution in [0.1, 0.15) is 18.7 Å². The van der Waals surface area contributed by atoms with Gasteiger partial charge in [0.2, 0.25) is 0 Å². The van der Waals surface area contributed by atoms with Crippen LogP contribution in [0.3, 0.4) is 0 Å². The number of aromatic nitrogens is 2. The van der Waals surface area contributed by atoms with Crippen molar-refractivity contribution in [1.82, 2.24) is 15.1 Å². The highest BCUT2D eigenvalue weighted by Gasteiger charge is 2.19. The monoisotopic (exact) mass is 265 g/mol. The number of fused-ring (bicyclic) bond motifs is 3. The highest BCUT2D eigenvalue weighted by molar-refractivity contribution is 9.10. The van der Waals surface area contributed by atoms with Gasteiger partial charge >= 0.3 is 0 Å². The molecule has 0 aliphatic carbocycles. The van der Waals surface area contributed by atoms with E-state index in [9.17, 15) is 0 Å². The molecule has 3 rings (SSSR count). The van der Waals surface area contributed by atoms with E-state index in [0.29, 0.717) is 6.04 Å². The Labute approximate surface area is 96.6 Å². The smallest absolute Gasteiger partial charge is 0.0938 e. The fourth-order valence-electron chi connectivity index (χ4n) is 2.16. The predicted molar refractivity (Wildman–Crippen MR) is 63.9 cm³/mol. The summed E-state index contributed by atoms with van der Waals surface area (Å²) < 4.78 is 3.24. The second-order valence-electron chi connectivity index (χ2n) is 4.03. The average Bonchev–Trinajstić information content (AvgIpc) is 2.57. The predicted octanol–water partition coefficient (Wildman–Crippen LogP) is 2.46. The maximum absolute atomic E-state index is 4.64. The molecule has 0 bridgehead atoms. The number of rotatable bonds is 0. The first-order chi connectivity index (χ1) is 7.25. The van der Waals surface area contributed by atoms with Gasteiger partial charge in [-0.3, -0.25) is 4.68 Å². The van der Waals surface area contributed by atoms with E-state index in [2.05, 4.69) is 56.2 Å². The van der Waals surface area contributed by atoms with Gasteiger partial charge in [-0.2, -0.15) is 5.10 Å². The van der Waals surface area contributed by atoms with Gasteiger partial charge in [-0.15, -0.1) is 0 Å². The molecule has 2 aromatic rings. The van der Waals surface area contributed by atoms with E-state index in [-0.39, 0.29) is 0 Å². The third-order valence-corrected chi connectivity index (χ3v) is 3.41. The van der Waals surface area contributed by atoms with E-state index in [1.165, 1.54) is 11.1 Å². The maximum Gasteiger partial charge on any atom is 0.0938 e. The second kappa shape index (κ2) is 3.32. The Morgan fingerprint density at radius 3 is 3.27 bits per heavy atom. The topological polar surface area (TPSA) is 29.9 Å². The van der Waals surface area contributed by atoms with Crippen LogP contribution in [0.2, 0.25) is 0 Å². The molecular weight excluding hydrogens is 254 g/mol. The van der Waals surface area contributed by atoms with Gasteiger partial charge in [0.15, 0.2) is 0 Å². The molecule has 0 spiro atoms. The van der Waals surface area contributed by atoms with Gasteiger partial charge in [-0.05, 0) is 25.1 Å². The number of hydrogen-bond acceptors (Lipinski definition) is 2. The molecule has 15 heavy (non-hydrogen) atoms. The fraction of sp³-hybridized carbons (Fsp3) is 0.364. The molecule has 1 N–H and O–H groups in total. The van der Waals surface area contributed by atoms with Crippen molar-refractivity contribution >= 4 is 26.8 Å². The summed E-state index contributed by atoms with van der Waals surface area (Å²) in [5.41, 5.74) is 2.38. The number of halogens is 1. The van der Waals surface area contributed by atoms with Crippen molar-refractivity contribution in [3.8, 4) is 0 Å². The molecule has 1 atom stereocenters. The Hall–Kier alpha value is -0.870. The third-order valence-electron chi connectivity index (χ3n) is 2.91. The first kappa shape index (κ1) is 9.36.